The Bertz CT molecular complexity index is 1630. The summed E-state index contributed by atoms with van der Waals surface area (Å²) < 4.78 is 65.5. The average molecular weight is 1050 g/mol. The first kappa shape index (κ1) is 65.1. The summed E-state index contributed by atoms with van der Waals surface area (Å²) in [6.07, 6.45) is 25.5. The lowest BCUT2D eigenvalue weighted by Crippen LogP contribution is -2.65. The van der Waals surface area contributed by atoms with E-state index < -0.39 is 91.3 Å². The summed E-state index contributed by atoms with van der Waals surface area (Å²) in [5.74, 6) is -1.33. The Labute approximate surface area is 410 Å². The van der Waals surface area contributed by atoms with Gasteiger partial charge >= 0.3 is 35.4 Å². The molecule has 0 aliphatic heterocycles. The summed E-state index contributed by atoms with van der Waals surface area (Å²) in [5.41, 5.74) is 0. The predicted octanol–water partition coefficient (Wildman–Crippen LogP) is 9.40. The molecule has 0 saturated heterocycles. The summed E-state index contributed by atoms with van der Waals surface area (Å²) >= 11 is 0. The number of allylic oxidation sites excluding steroid dienone is 8. The Balaban J connectivity index is 2.74. The minimum atomic E-state index is -5.61. The van der Waals surface area contributed by atoms with Crippen molar-refractivity contribution in [2.75, 3.05) is 13.2 Å². The number of aliphatic hydroxyl groups excluding tert-OH is 3. The zero-order valence-corrected chi connectivity index (χ0v) is 43.6. The Morgan fingerprint density at radius 1 is 0.464 bits per heavy atom. The second kappa shape index (κ2) is 38.7. The van der Waals surface area contributed by atoms with Gasteiger partial charge in [-0.15, -0.1) is 0 Å². The predicted molar refractivity (Wildman–Crippen MR) is 261 cm³/mol. The maximum atomic E-state index is 13.1. The molecule has 0 amide bonds. The second-order valence-corrected chi connectivity index (χ2v) is 21.2. The molecular weight excluding hydrogens is 961 g/mol. The topological polar surface area (TPSA) is 303 Å². The summed E-state index contributed by atoms with van der Waals surface area (Å²) in [6, 6.07) is 0. The quantitative estimate of drug-likeness (QED) is 0.0122. The van der Waals surface area contributed by atoms with Gasteiger partial charge < -0.3 is 49.3 Å². The lowest BCUT2D eigenvalue weighted by molar-refractivity contribution is -0.213. The summed E-state index contributed by atoms with van der Waals surface area (Å²) in [4.78, 5) is 73.3. The van der Waals surface area contributed by atoms with E-state index in [1.165, 1.54) is 57.8 Å². The van der Waals surface area contributed by atoms with Crippen molar-refractivity contribution in [2.24, 2.45) is 0 Å². The number of carbonyl (C=O) groups excluding carboxylic acids is 2. The molecule has 8 N–H and O–H groups in total. The number of phosphoric ester groups is 3. The number of carbonyl (C=O) groups is 2. The SMILES string of the molecule is CCCCCC=CCC=CCC=CCCCCCCC(=O)OC(COC(=O)CCCCCCCC=CCCCCCCCC)COP(=O)(O)OC1C(O)C(O)C(OP(=O)(O)O)C(OP(=O)(O)O)C1O. The van der Waals surface area contributed by atoms with Gasteiger partial charge in [0.05, 0.1) is 6.61 Å². The number of ether oxygens (including phenoxy) is 2. The number of hydrogen-bond acceptors (Lipinski definition) is 14. The van der Waals surface area contributed by atoms with Crippen LogP contribution in [0.1, 0.15) is 181 Å². The minimum absolute atomic E-state index is 0.0303. The molecule has 1 aliphatic rings. The van der Waals surface area contributed by atoms with Crippen LogP contribution in [-0.2, 0) is 50.9 Å². The lowest BCUT2D eigenvalue weighted by Gasteiger charge is -2.44. The Hall–Kier alpha value is -1.89. The molecule has 22 heteroatoms. The molecule has 0 bridgehead atoms. The maximum absolute atomic E-state index is 13.1. The van der Waals surface area contributed by atoms with Crippen molar-refractivity contribution in [1.29, 1.82) is 0 Å². The van der Waals surface area contributed by atoms with Crippen LogP contribution in [0.4, 0.5) is 0 Å². The van der Waals surface area contributed by atoms with Crippen LogP contribution in [-0.4, -0.2) is 108 Å². The molecule has 1 rings (SSSR count). The smallest absolute Gasteiger partial charge is 0.462 e. The van der Waals surface area contributed by atoms with Crippen molar-refractivity contribution < 1.29 is 90.6 Å². The van der Waals surface area contributed by atoms with Gasteiger partial charge in [0.25, 0.3) is 0 Å². The first-order chi connectivity index (χ1) is 32.8. The van der Waals surface area contributed by atoms with Gasteiger partial charge in [-0.2, -0.15) is 0 Å². The molecule has 19 nitrogen and oxygen atoms in total. The molecule has 402 valence electrons. The van der Waals surface area contributed by atoms with Gasteiger partial charge in [0.15, 0.2) is 6.10 Å². The number of phosphoric acid groups is 3. The van der Waals surface area contributed by atoms with Crippen LogP contribution >= 0.6 is 23.5 Å². The van der Waals surface area contributed by atoms with Crippen LogP contribution in [0.25, 0.3) is 0 Å². The van der Waals surface area contributed by atoms with Crippen molar-refractivity contribution >= 4 is 35.4 Å². The van der Waals surface area contributed by atoms with Crippen molar-refractivity contribution in [3.8, 4) is 0 Å². The zero-order valence-electron chi connectivity index (χ0n) is 40.9. The van der Waals surface area contributed by atoms with E-state index in [1.54, 1.807) is 0 Å². The van der Waals surface area contributed by atoms with Crippen molar-refractivity contribution in [3.05, 3.63) is 48.6 Å². The van der Waals surface area contributed by atoms with Gasteiger partial charge in [0.1, 0.15) is 43.2 Å². The van der Waals surface area contributed by atoms with Gasteiger partial charge in [-0.3, -0.25) is 27.7 Å². The van der Waals surface area contributed by atoms with Crippen LogP contribution in [0, 0.1) is 0 Å². The second-order valence-electron chi connectivity index (χ2n) is 17.4. The molecule has 1 aliphatic carbocycles. The van der Waals surface area contributed by atoms with Crippen molar-refractivity contribution in [2.45, 2.75) is 224 Å². The highest BCUT2D eigenvalue weighted by molar-refractivity contribution is 7.47. The van der Waals surface area contributed by atoms with Crippen LogP contribution in [0.2, 0.25) is 0 Å². The van der Waals surface area contributed by atoms with E-state index >= 15 is 0 Å². The van der Waals surface area contributed by atoms with E-state index in [0.717, 1.165) is 77.0 Å². The fraction of sp³-hybridized carbons (Fsp3) is 0.787. The summed E-state index contributed by atoms with van der Waals surface area (Å²) in [7, 11) is -16.6. The van der Waals surface area contributed by atoms with Gasteiger partial charge in [0, 0.05) is 12.8 Å². The molecule has 0 aromatic heterocycles. The van der Waals surface area contributed by atoms with Crippen LogP contribution in [0.5, 0.6) is 0 Å². The summed E-state index contributed by atoms with van der Waals surface area (Å²) in [5, 5.41) is 31.9. The van der Waals surface area contributed by atoms with Crippen LogP contribution in [0.15, 0.2) is 48.6 Å². The van der Waals surface area contributed by atoms with Crippen LogP contribution in [0.3, 0.4) is 0 Å². The molecule has 0 heterocycles. The molecule has 0 aromatic rings. The average Bonchev–Trinajstić information content (AvgIpc) is 3.28. The zero-order chi connectivity index (χ0) is 51.4. The number of unbranched alkanes of at least 4 members (excludes halogenated alkanes) is 18. The number of hydrogen-bond donors (Lipinski definition) is 8. The molecule has 8 atom stereocenters. The molecular formula is C47H85O19P3. The first-order valence-electron chi connectivity index (χ1n) is 24.9. The molecule has 8 unspecified atom stereocenters. The van der Waals surface area contributed by atoms with Crippen LogP contribution < -0.4 is 0 Å². The third kappa shape index (κ3) is 35.0. The van der Waals surface area contributed by atoms with Gasteiger partial charge in [-0.1, -0.05) is 140 Å². The third-order valence-corrected chi connectivity index (χ3v) is 13.1. The fourth-order valence-corrected chi connectivity index (χ4v) is 9.44. The van der Waals surface area contributed by atoms with E-state index in [0.29, 0.717) is 19.3 Å². The molecule has 1 saturated carbocycles. The van der Waals surface area contributed by atoms with E-state index in [-0.39, 0.29) is 12.8 Å². The Morgan fingerprint density at radius 2 is 0.841 bits per heavy atom. The number of rotatable bonds is 42. The monoisotopic (exact) mass is 1050 g/mol. The maximum Gasteiger partial charge on any atom is 0.472 e. The molecule has 69 heavy (non-hydrogen) atoms. The third-order valence-electron chi connectivity index (χ3n) is 11.1. The van der Waals surface area contributed by atoms with Gasteiger partial charge in [-0.25, -0.2) is 13.7 Å². The first-order valence-corrected chi connectivity index (χ1v) is 29.5. The highest BCUT2D eigenvalue weighted by Gasteiger charge is 2.56. The highest BCUT2D eigenvalue weighted by Crippen LogP contribution is 2.51. The van der Waals surface area contributed by atoms with Crippen molar-refractivity contribution in [1.82, 2.24) is 0 Å². The number of esters is 2. The Kier molecular flexibility index (Phi) is 36.5. The van der Waals surface area contributed by atoms with E-state index in [9.17, 15) is 63.1 Å². The van der Waals surface area contributed by atoms with Crippen molar-refractivity contribution in [3.63, 3.8) is 0 Å². The molecule has 0 radical (unpaired) electrons. The summed E-state index contributed by atoms with van der Waals surface area (Å²) in [6.45, 7) is 2.89. The molecule has 1 fully saturated rings. The van der Waals surface area contributed by atoms with Gasteiger partial charge in [0.2, 0.25) is 0 Å². The molecule has 0 aromatic carbocycles. The van der Waals surface area contributed by atoms with E-state index in [2.05, 4.69) is 71.5 Å². The standard InChI is InChI=1S/C47H85O19P3/c1-3-5-7-9-11-13-15-17-19-20-22-24-26-28-30-32-34-36-41(49)63-39(37-61-40(48)35-33-31-29-27-25-23-21-18-16-14-12-10-8-6-4-2)38-62-69(59,60)66-45-42(50)43(51)46(64-67(53,54)55)47(44(45)52)65-68(56,57)58/h11,13,17-19,21-22,24,39,42-47,50-52H,3-10,12,14-16,20,23,25-38H2,1-2H3,(H,59,60)(H2,53,54,55)(H2,56,57,58). The minimum Gasteiger partial charge on any atom is -0.462 e. The fourth-order valence-electron chi connectivity index (χ4n) is 7.35. The van der Waals surface area contributed by atoms with Gasteiger partial charge in [-0.05, 0) is 77.0 Å². The van der Waals surface area contributed by atoms with E-state index in [4.69, 9.17) is 18.5 Å². The lowest BCUT2D eigenvalue weighted by atomic mass is 9.85. The highest BCUT2D eigenvalue weighted by atomic mass is 31.2. The van der Waals surface area contributed by atoms with E-state index in [1.807, 2.05) is 0 Å². The largest absolute Gasteiger partial charge is 0.472 e. The molecule has 0 spiro atoms. The Morgan fingerprint density at radius 3 is 1.33 bits per heavy atom. The number of aliphatic hydroxyl groups is 3. The normalized spacial score (nSPS) is 21.7.